The van der Waals surface area contributed by atoms with Gasteiger partial charge in [0.2, 0.25) is 5.95 Å². The molecule has 1 saturated heterocycles. The van der Waals surface area contributed by atoms with Gasteiger partial charge in [0.25, 0.3) is 11.8 Å². The molecule has 1 aromatic heterocycles. The number of fused-ring (bicyclic) bond motifs is 1. The molecule has 5 rings (SSSR count). The van der Waals surface area contributed by atoms with Crippen molar-refractivity contribution in [1.29, 1.82) is 0 Å². The van der Waals surface area contributed by atoms with Gasteiger partial charge in [0.05, 0.1) is 28.3 Å². The molecule has 4 aromatic rings. The Morgan fingerprint density at radius 1 is 1.05 bits per heavy atom. The van der Waals surface area contributed by atoms with Gasteiger partial charge in [-0.3, -0.25) is 9.59 Å². The molecular weight excluding hydrogens is 523 g/mol. The molecule has 2 heterocycles. The van der Waals surface area contributed by atoms with Crippen molar-refractivity contribution in [1.82, 2.24) is 9.97 Å². The molecule has 0 bridgehead atoms. The monoisotopic (exact) mass is 543 g/mol. The van der Waals surface area contributed by atoms with Crippen molar-refractivity contribution in [3.05, 3.63) is 81.9 Å². The van der Waals surface area contributed by atoms with Crippen molar-refractivity contribution in [3.63, 3.8) is 0 Å². The molecule has 0 atom stereocenters. The van der Waals surface area contributed by atoms with Gasteiger partial charge in [0, 0.05) is 29.5 Å². The number of alkyl halides is 3. The molecule has 1 aliphatic heterocycles. The number of hydrogen-bond acceptors (Lipinski definition) is 5. The Morgan fingerprint density at radius 3 is 2.47 bits per heavy atom. The van der Waals surface area contributed by atoms with E-state index < -0.39 is 35.2 Å². The third-order valence-corrected chi connectivity index (χ3v) is 6.64. The lowest BCUT2D eigenvalue weighted by Gasteiger charge is -2.35. The first-order chi connectivity index (χ1) is 18.0. The van der Waals surface area contributed by atoms with Crippen molar-refractivity contribution in [3.8, 4) is 0 Å². The minimum atomic E-state index is -4.72. The number of rotatable bonds is 5. The van der Waals surface area contributed by atoms with E-state index in [1.165, 1.54) is 24.3 Å². The van der Waals surface area contributed by atoms with Crippen LogP contribution in [0.5, 0.6) is 0 Å². The summed E-state index contributed by atoms with van der Waals surface area (Å²) in [4.78, 5) is 35.6. The average molecular weight is 544 g/mol. The highest BCUT2D eigenvalue weighted by molar-refractivity contribution is 6.31. The summed E-state index contributed by atoms with van der Waals surface area (Å²) in [5.74, 6) is -1.14. The Hall–Kier alpha value is -4.09. The number of β-amino-alcohol motifs (C(OH)–C–C–N with tert-alkyl or cyclic N) is 1. The number of hydrogen-bond donors (Lipinski definition) is 4. The lowest BCUT2D eigenvalue weighted by molar-refractivity contribution is -0.137. The molecule has 0 aliphatic carbocycles. The van der Waals surface area contributed by atoms with Gasteiger partial charge in [-0.05, 0) is 48.9 Å². The van der Waals surface area contributed by atoms with Crippen LogP contribution in [0.4, 0.5) is 30.5 Å². The second-order valence-electron chi connectivity index (χ2n) is 8.90. The molecule has 3 aromatic carbocycles. The minimum Gasteiger partial charge on any atom is -0.389 e. The summed E-state index contributed by atoms with van der Waals surface area (Å²) in [6, 6.07) is 12.3. The Morgan fingerprint density at radius 2 is 1.76 bits per heavy atom. The minimum absolute atomic E-state index is 0.0739. The molecule has 38 heavy (non-hydrogen) atoms. The van der Waals surface area contributed by atoms with Gasteiger partial charge in [-0.2, -0.15) is 13.2 Å². The number of carbonyl (C=O) groups excluding carboxylic acids is 2. The van der Waals surface area contributed by atoms with Crippen LogP contribution in [0.1, 0.15) is 31.8 Å². The fraction of sp³-hybridized carbons (Fsp3) is 0.192. The van der Waals surface area contributed by atoms with Crippen LogP contribution in [-0.2, 0) is 6.18 Å². The molecule has 1 aliphatic rings. The third kappa shape index (κ3) is 4.90. The Bertz CT molecular complexity index is 1560. The number of aromatic nitrogens is 2. The van der Waals surface area contributed by atoms with Gasteiger partial charge >= 0.3 is 6.18 Å². The van der Waals surface area contributed by atoms with E-state index in [4.69, 9.17) is 11.6 Å². The smallest absolute Gasteiger partial charge is 0.389 e. The van der Waals surface area contributed by atoms with Crippen LogP contribution in [0.15, 0.2) is 54.6 Å². The third-order valence-electron chi connectivity index (χ3n) is 6.23. The highest BCUT2D eigenvalue weighted by Crippen LogP contribution is 2.33. The van der Waals surface area contributed by atoms with Crippen LogP contribution in [0.25, 0.3) is 11.0 Å². The SMILES string of the molecule is Cc1c(Cl)cccc1NC(=O)c1cc(NC(=O)c2ccccc2C(F)(F)F)cc2[nH]c(N3CC(O)C3)nc12. The highest BCUT2D eigenvalue weighted by atomic mass is 35.5. The van der Waals surface area contributed by atoms with E-state index in [2.05, 4.69) is 20.6 Å². The van der Waals surface area contributed by atoms with Crippen molar-refractivity contribution in [2.24, 2.45) is 0 Å². The highest BCUT2D eigenvalue weighted by Gasteiger charge is 2.35. The molecule has 0 spiro atoms. The van der Waals surface area contributed by atoms with Crippen molar-refractivity contribution >= 4 is 51.8 Å². The number of aliphatic hydroxyl groups is 1. The second-order valence-corrected chi connectivity index (χ2v) is 9.31. The number of benzene rings is 3. The predicted octanol–water partition coefficient (Wildman–Crippen LogP) is 5.23. The van der Waals surface area contributed by atoms with Crippen LogP contribution in [0.3, 0.4) is 0 Å². The summed E-state index contributed by atoms with van der Waals surface area (Å²) >= 11 is 6.17. The van der Waals surface area contributed by atoms with Crippen LogP contribution in [-0.4, -0.2) is 46.1 Å². The first-order valence-electron chi connectivity index (χ1n) is 11.5. The molecule has 8 nitrogen and oxygen atoms in total. The molecule has 1 fully saturated rings. The number of halogens is 4. The summed E-state index contributed by atoms with van der Waals surface area (Å²) in [6.45, 7) is 2.44. The van der Waals surface area contributed by atoms with E-state index in [0.29, 0.717) is 40.8 Å². The van der Waals surface area contributed by atoms with Crippen molar-refractivity contribution < 1.29 is 27.9 Å². The lowest BCUT2D eigenvalue weighted by Crippen LogP contribution is -2.51. The number of nitrogens with zero attached hydrogens (tertiary/aromatic N) is 2. The van der Waals surface area contributed by atoms with E-state index in [-0.39, 0.29) is 16.8 Å². The predicted molar refractivity (Wildman–Crippen MR) is 138 cm³/mol. The summed E-state index contributed by atoms with van der Waals surface area (Å²) in [7, 11) is 0. The number of aliphatic hydroxyl groups excluding tert-OH is 1. The van der Waals surface area contributed by atoms with Gasteiger partial charge < -0.3 is 25.6 Å². The van der Waals surface area contributed by atoms with E-state index in [9.17, 15) is 27.9 Å². The largest absolute Gasteiger partial charge is 0.417 e. The summed E-state index contributed by atoms with van der Waals surface area (Å²) in [5.41, 5.74) is 0.295. The Kier molecular flexibility index (Phi) is 6.49. The molecular formula is C26H21ClF3N5O3. The van der Waals surface area contributed by atoms with E-state index >= 15 is 0 Å². The first kappa shape index (κ1) is 25.6. The standard InChI is InChI=1S/C26H21ClF3N5O3/c1-13-19(27)7-4-8-20(13)32-24(38)17-9-14(10-21-22(17)34-25(33-21)35-11-15(36)12-35)31-23(37)16-5-2-3-6-18(16)26(28,29)30/h2-10,15,36H,11-12H2,1H3,(H,31,37)(H,32,38)(H,33,34). The molecule has 0 radical (unpaired) electrons. The van der Waals surface area contributed by atoms with Crippen molar-refractivity contribution in [2.75, 3.05) is 28.6 Å². The average Bonchev–Trinajstić information content (AvgIpc) is 3.27. The van der Waals surface area contributed by atoms with Gasteiger partial charge in [-0.1, -0.05) is 29.8 Å². The quantitative estimate of drug-likeness (QED) is 0.275. The summed E-state index contributed by atoms with van der Waals surface area (Å²) in [6.07, 6.45) is -5.22. The van der Waals surface area contributed by atoms with Crippen LogP contribution >= 0.6 is 11.6 Å². The fourth-order valence-corrected chi connectivity index (χ4v) is 4.36. The number of anilines is 3. The van der Waals surface area contributed by atoms with Crippen molar-refractivity contribution in [2.45, 2.75) is 19.2 Å². The van der Waals surface area contributed by atoms with Gasteiger partial charge in [0.1, 0.15) is 5.52 Å². The Balaban J connectivity index is 1.53. The molecule has 12 heteroatoms. The number of aromatic amines is 1. The number of amides is 2. The first-order valence-corrected chi connectivity index (χ1v) is 11.9. The van der Waals surface area contributed by atoms with Crippen LogP contribution in [0, 0.1) is 6.92 Å². The molecule has 0 unspecified atom stereocenters. The van der Waals surface area contributed by atoms with Gasteiger partial charge in [0.15, 0.2) is 0 Å². The Labute approximate surface area is 219 Å². The number of carbonyl (C=O) groups is 2. The summed E-state index contributed by atoms with van der Waals surface area (Å²) in [5, 5.41) is 15.4. The normalized spacial score (nSPS) is 13.9. The topological polar surface area (TPSA) is 110 Å². The lowest BCUT2D eigenvalue weighted by atomic mass is 10.1. The maximum atomic E-state index is 13.5. The second kappa shape index (κ2) is 9.66. The zero-order chi connectivity index (χ0) is 27.2. The maximum absolute atomic E-state index is 13.5. The molecule has 0 saturated carbocycles. The van der Waals surface area contributed by atoms with Gasteiger partial charge in [-0.15, -0.1) is 0 Å². The fourth-order valence-electron chi connectivity index (χ4n) is 4.19. The summed E-state index contributed by atoms with van der Waals surface area (Å²) < 4.78 is 40.4. The number of imidazole rings is 1. The van der Waals surface area contributed by atoms with E-state index in [1.54, 1.807) is 30.0 Å². The van der Waals surface area contributed by atoms with E-state index in [0.717, 1.165) is 12.1 Å². The number of nitrogens with one attached hydrogen (secondary N) is 3. The van der Waals surface area contributed by atoms with E-state index in [1.807, 2.05) is 0 Å². The zero-order valence-corrected chi connectivity index (χ0v) is 20.6. The molecule has 4 N–H and O–H groups in total. The van der Waals surface area contributed by atoms with Crippen LogP contribution < -0.4 is 15.5 Å². The number of H-pyrrole nitrogens is 1. The maximum Gasteiger partial charge on any atom is 0.417 e. The molecule has 2 amide bonds. The van der Waals surface area contributed by atoms with Gasteiger partial charge in [-0.25, -0.2) is 4.98 Å². The molecule has 196 valence electrons. The zero-order valence-electron chi connectivity index (χ0n) is 19.9. The van der Waals surface area contributed by atoms with Crippen LogP contribution in [0.2, 0.25) is 5.02 Å².